The molecule has 0 aromatic heterocycles. The zero-order valence-corrected chi connectivity index (χ0v) is 14.0. The molecule has 2 aromatic carbocycles. The molecule has 0 aliphatic carbocycles. The zero-order valence-electron chi connectivity index (χ0n) is 14.0. The largest absolute Gasteiger partial charge is 0.378 e. The number of carbonyl (C=O) groups is 1. The summed E-state index contributed by atoms with van der Waals surface area (Å²) in [6.45, 7) is 0.501. The van der Waals surface area contributed by atoms with Gasteiger partial charge in [-0.3, -0.25) is 4.79 Å². The number of anilines is 1. The second-order valence-electron chi connectivity index (χ2n) is 5.65. The summed E-state index contributed by atoms with van der Waals surface area (Å²) in [5.41, 5.74) is 3.16. The lowest BCUT2D eigenvalue weighted by atomic mass is 10.1. The molecule has 1 N–H and O–H groups in total. The summed E-state index contributed by atoms with van der Waals surface area (Å²) in [4.78, 5) is 14.1. The van der Waals surface area contributed by atoms with Crippen molar-refractivity contribution in [3.8, 4) is 6.07 Å². The first-order valence-corrected chi connectivity index (χ1v) is 7.81. The molecule has 0 atom stereocenters. The molecule has 4 heteroatoms. The van der Waals surface area contributed by atoms with E-state index in [-0.39, 0.29) is 11.5 Å². The van der Waals surface area contributed by atoms with Crippen LogP contribution in [0.15, 0.2) is 60.2 Å². The van der Waals surface area contributed by atoms with Crippen molar-refractivity contribution in [2.24, 2.45) is 0 Å². The van der Waals surface area contributed by atoms with E-state index in [9.17, 15) is 10.1 Å². The summed E-state index contributed by atoms with van der Waals surface area (Å²) in [7, 11) is 3.93. The average Bonchev–Trinajstić information content (AvgIpc) is 2.60. The van der Waals surface area contributed by atoms with Gasteiger partial charge in [-0.1, -0.05) is 42.5 Å². The van der Waals surface area contributed by atoms with Crippen LogP contribution >= 0.6 is 0 Å². The maximum absolute atomic E-state index is 12.1. The minimum atomic E-state index is -0.342. The molecule has 0 aliphatic heterocycles. The van der Waals surface area contributed by atoms with E-state index in [1.807, 2.05) is 79.7 Å². The molecule has 122 valence electrons. The smallest absolute Gasteiger partial charge is 0.261 e. The second-order valence-corrected chi connectivity index (χ2v) is 5.65. The van der Waals surface area contributed by atoms with Crippen LogP contribution in [0.25, 0.3) is 6.08 Å². The average molecular weight is 319 g/mol. The molecule has 0 heterocycles. The molecule has 0 spiro atoms. The summed E-state index contributed by atoms with van der Waals surface area (Å²) in [6, 6.07) is 19.6. The Morgan fingerprint density at radius 3 is 2.38 bits per heavy atom. The third-order valence-corrected chi connectivity index (χ3v) is 3.63. The van der Waals surface area contributed by atoms with Gasteiger partial charge in [-0.05, 0) is 35.8 Å². The Morgan fingerprint density at radius 2 is 1.79 bits per heavy atom. The Morgan fingerprint density at radius 1 is 1.12 bits per heavy atom. The topological polar surface area (TPSA) is 56.1 Å². The standard InChI is InChI=1S/C20H21N3O/c1-23(2)19-10-8-17(9-11-19)14-18(15-21)20(24)22-13-12-16-6-4-3-5-7-16/h3-11,14H,12-13H2,1-2H3,(H,22,24)/b18-14+. The molecule has 0 unspecified atom stereocenters. The molecule has 0 radical (unpaired) electrons. The molecule has 0 fully saturated rings. The lowest BCUT2D eigenvalue weighted by molar-refractivity contribution is -0.117. The molecule has 2 rings (SSSR count). The van der Waals surface area contributed by atoms with E-state index in [0.717, 1.165) is 23.2 Å². The number of amides is 1. The van der Waals surface area contributed by atoms with Crippen molar-refractivity contribution in [3.05, 3.63) is 71.3 Å². The van der Waals surface area contributed by atoms with Crippen LogP contribution in [0.1, 0.15) is 11.1 Å². The number of carbonyl (C=O) groups excluding carboxylic acids is 1. The highest BCUT2D eigenvalue weighted by Gasteiger charge is 2.08. The molecule has 24 heavy (non-hydrogen) atoms. The van der Waals surface area contributed by atoms with Crippen LogP contribution in [0.4, 0.5) is 5.69 Å². The van der Waals surface area contributed by atoms with Crippen LogP contribution in [-0.4, -0.2) is 26.5 Å². The van der Waals surface area contributed by atoms with Crippen LogP contribution in [0, 0.1) is 11.3 Å². The molecule has 2 aromatic rings. The van der Waals surface area contributed by atoms with Crippen molar-refractivity contribution in [2.45, 2.75) is 6.42 Å². The first-order chi connectivity index (χ1) is 11.6. The quantitative estimate of drug-likeness (QED) is 0.658. The Labute approximate surface area is 143 Å². The third kappa shape index (κ3) is 4.99. The Bertz CT molecular complexity index is 741. The number of hydrogen-bond acceptors (Lipinski definition) is 3. The van der Waals surface area contributed by atoms with Crippen LogP contribution in [-0.2, 0) is 11.2 Å². The summed E-state index contributed by atoms with van der Waals surface area (Å²) < 4.78 is 0. The van der Waals surface area contributed by atoms with Gasteiger partial charge in [-0.25, -0.2) is 0 Å². The van der Waals surface area contributed by atoms with Gasteiger partial charge >= 0.3 is 0 Å². The van der Waals surface area contributed by atoms with Crippen molar-refractivity contribution in [2.75, 3.05) is 25.5 Å². The van der Waals surface area contributed by atoms with Crippen molar-refractivity contribution < 1.29 is 4.79 Å². The fraction of sp³-hybridized carbons (Fsp3) is 0.200. The van der Waals surface area contributed by atoms with E-state index in [1.54, 1.807) is 6.08 Å². The van der Waals surface area contributed by atoms with E-state index < -0.39 is 0 Å². The number of nitriles is 1. The fourth-order valence-corrected chi connectivity index (χ4v) is 2.24. The maximum atomic E-state index is 12.1. The van der Waals surface area contributed by atoms with Gasteiger partial charge < -0.3 is 10.2 Å². The number of rotatable bonds is 6. The molecule has 0 saturated carbocycles. The molecule has 1 amide bonds. The predicted octanol–water partition coefficient (Wildman–Crippen LogP) is 3.02. The van der Waals surface area contributed by atoms with Gasteiger partial charge in [0.05, 0.1) is 0 Å². The summed E-state index contributed by atoms with van der Waals surface area (Å²) in [5, 5.41) is 12.0. The lowest BCUT2D eigenvalue weighted by Crippen LogP contribution is -2.26. The van der Waals surface area contributed by atoms with Gasteiger partial charge in [0.1, 0.15) is 11.6 Å². The number of nitrogens with zero attached hydrogens (tertiary/aromatic N) is 2. The van der Waals surface area contributed by atoms with Crippen LogP contribution in [0.3, 0.4) is 0 Å². The first-order valence-electron chi connectivity index (χ1n) is 7.81. The normalized spacial score (nSPS) is 10.8. The summed E-state index contributed by atoms with van der Waals surface area (Å²) in [5.74, 6) is -0.342. The van der Waals surface area contributed by atoms with Crippen molar-refractivity contribution in [1.29, 1.82) is 5.26 Å². The summed E-state index contributed by atoms with van der Waals surface area (Å²) >= 11 is 0. The van der Waals surface area contributed by atoms with Crippen molar-refractivity contribution >= 4 is 17.7 Å². The highest BCUT2D eigenvalue weighted by Crippen LogP contribution is 2.14. The zero-order chi connectivity index (χ0) is 17.4. The number of hydrogen-bond donors (Lipinski definition) is 1. The summed E-state index contributed by atoms with van der Waals surface area (Å²) in [6.07, 6.45) is 2.35. The van der Waals surface area contributed by atoms with E-state index in [1.165, 1.54) is 0 Å². The second kappa shape index (κ2) is 8.54. The molecule has 4 nitrogen and oxygen atoms in total. The minimum absolute atomic E-state index is 0.112. The Kier molecular flexibility index (Phi) is 6.16. The first kappa shape index (κ1) is 17.3. The Hall–Kier alpha value is -3.06. The molecular weight excluding hydrogens is 298 g/mol. The van der Waals surface area contributed by atoms with Gasteiger partial charge in [0.15, 0.2) is 0 Å². The predicted molar refractivity (Wildman–Crippen MR) is 97.5 cm³/mol. The van der Waals surface area contributed by atoms with Crippen LogP contribution < -0.4 is 10.2 Å². The van der Waals surface area contributed by atoms with Gasteiger partial charge in [0.25, 0.3) is 5.91 Å². The van der Waals surface area contributed by atoms with E-state index in [2.05, 4.69) is 5.32 Å². The highest BCUT2D eigenvalue weighted by atomic mass is 16.1. The van der Waals surface area contributed by atoms with E-state index in [0.29, 0.717) is 6.54 Å². The molecule has 0 aliphatic rings. The number of nitrogens with one attached hydrogen (secondary N) is 1. The third-order valence-electron chi connectivity index (χ3n) is 3.63. The monoisotopic (exact) mass is 319 g/mol. The lowest BCUT2D eigenvalue weighted by Gasteiger charge is -2.11. The minimum Gasteiger partial charge on any atom is -0.378 e. The van der Waals surface area contributed by atoms with Crippen LogP contribution in [0.5, 0.6) is 0 Å². The van der Waals surface area contributed by atoms with Crippen molar-refractivity contribution in [3.63, 3.8) is 0 Å². The number of benzene rings is 2. The van der Waals surface area contributed by atoms with E-state index in [4.69, 9.17) is 0 Å². The maximum Gasteiger partial charge on any atom is 0.261 e. The van der Waals surface area contributed by atoms with E-state index >= 15 is 0 Å². The van der Waals surface area contributed by atoms with Crippen LogP contribution in [0.2, 0.25) is 0 Å². The van der Waals surface area contributed by atoms with Gasteiger partial charge in [0, 0.05) is 26.3 Å². The highest BCUT2D eigenvalue weighted by molar-refractivity contribution is 6.01. The SMILES string of the molecule is CN(C)c1ccc(/C=C(\C#N)C(=O)NCCc2ccccc2)cc1. The van der Waals surface area contributed by atoms with Gasteiger partial charge in [0.2, 0.25) is 0 Å². The fourth-order valence-electron chi connectivity index (χ4n) is 2.24. The molecule has 0 saturated heterocycles. The van der Waals surface area contributed by atoms with Gasteiger partial charge in [-0.2, -0.15) is 5.26 Å². The molecule has 0 bridgehead atoms. The Balaban J connectivity index is 1.96. The van der Waals surface area contributed by atoms with Crippen molar-refractivity contribution in [1.82, 2.24) is 5.32 Å². The van der Waals surface area contributed by atoms with Gasteiger partial charge in [-0.15, -0.1) is 0 Å². The molecular formula is C20H21N3O.